The van der Waals surface area contributed by atoms with E-state index in [2.05, 4.69) is 5.32 Å². The minimum atomic E-state index is -0.602. The van der Waals surface area contributed by atoms with E-state index < -0.39 is 17.7 Å². The highest BCUT2D eigenvalue weighted by molar-refractivity contribution is 6.21. The number of benzene rings is 4. The molecular formula is C31H22N2O6. The van der Waals surface area contributed by atoms with Gasteiger partial charge in [0.1, 0.15) is 11.5 Å². The summed E-state index contributed by atoms with van der Waals surface area (Å²) in [6.45, 7) is -0.0576. The molecule has 0 saturated carbocycles. The molecule has 0 fully saturated rings. The van der Waals surface area contributed by atoms with Crippen LogP contribution in [0.4, 0.5) is 5.69 Å². The Bertz CT molecular complexity index is 1620. The number of amides is 3. The fraction of sp³-hybridized carbons (Fsp3) is 0.0323. The molecule has 1 heterocycles. The van der Waals surface area contributed by atoms with Crippen molar-refractivity contribution in [2.24, 2.45) is 0 Å². The zero-order valence-corrected chi connectivity index (χ0v) is 20.5. The molecule has 1 aliphatic rings. The predicted octanol–water partition coefficient (Wildman–Crippen LogP) is 5.04. The lowest BCUT2D eigenvalue weighted by molar-refractivity contribution is 0.0642. The van der Waals surface area contributed by atoms with Crippen LogP contribution in [-0.4, -0.2) is 38.6 Å². The van der Waals surface area contributed by atoms with Gasteiger partial charge in [0.25, 0.3) is 17.7 Å². The Morgan fingerprint density at radius 3 is 2.08 bits per heavy atom. The number of allylic oxidation sites excluding steroid dienone is 1. The van der Waals surface area contributed by atoms with Gasteiger partial charge in [-0.1, -0.05) is 36.4 Å². The van der Waals surface area contributed by atoms with Gasteiger partial charge in [0.15, 0.2) is 5.78 Å². The number of fused-ring (bicyclic) bond motifs is 1. The van der Waals surface area contributed by atoms with Gasteiger partial charge < -0.3 is 15.5 Å². The zero-order valence-electron chi connectivity index (χ0n) is 20.5. The number of anilines is 1. The highest BCUT2D eigenvalue weighted by Gasteiger charge is 2.35. The van der Waals surface area contributed by atoms with Gasteiger partial charge >= 0.3 is 0 Å². The standard InChI is InChI=1S/C31H22N2O6/c34-26-8-4-1-5-20(26)12-16-27(35)21-10-13-22(14-11-21)32-29(37)25-17-19(9-15-28(25)36)18-33-30(38)23-6-2-3-7-24(23)31(33)39/h1-17,34,36H,18H2,(H,32,37)/b16-12+. The molecule has 0 radical (unpaired) electrons. The molecule has 3 amide bonds. The monoisotopic (exact) mass is 518 g/mol. The normalized spacial score (nSPS) is 12.6. The molecule has 0 unspecified atom stereocenters. The number of hydrogen-bond acceptors (Lipinski definition) is 6. The Kier molecular flexibility index (Phi) is 6.75. The molecule has 8 heteroatoms. The van der Waals surface area contributed by atoms with Crippen molar-refractivity contribution in [3.05, 3.63) is 130 Å². The summed E-state index contributed by atoms with van der Waals surface area (Å²) < 4.78 is 0. The quantitative estimate of drug-likeness (QED) is 0.179. The fourth-order valence-corrected chi connectivity index (χ4v) is 4.24. The summed E-state index contributed by atoms with van der Waals surface area (Å²) in [5.41, 5.74) is 2.40. The van der Waals surface area contributed by atoms with Gasteiger partial charge in [-0.3, -0.25) is 24.1 Å². The summed E-state index contributed by atoms with van der Waals surface area (Å²) in [5, 5.41) is 22.8. The van der Waals surface area contributed by atoms with Crippen molar-refractivity contribution in [2.45, 2.75) is 6.54 Å². The van der Waals surface area contributed by atoms with E-state index in [1.54, 1.807) is 72.8 Å². The molecule has 5 rings (SSSR count). The fourth-order valence-electron chi connectivity index (χ4n) is 4.24. The van der Waals surface area contributed by atoms with Gasteiger partial charge in [0, 0.05) is 16.8 Å². The maximum Gasteiger partial charge on any atom is 0.261 e. The van der Waals surface area contributed by atoms with Gasteiger partial charge in [0.2, 0.25) is 0 Å². The Hall–Kier alpha value is -5.50. The summed E-state index contributed by atoms with van der Waals surface area (Å²) in [7, 11) is 0. The second-order valence-electron chi connectivity index (χ2n) is 8.88. The van der Waals surface area contributed by atoms with Crippen LogP contribution in [0.5, 0.6) is 11.5 Å². The third-order valence-electron chi connectivity index (χ3n) is 6.30. The van der Waals surface area contributed by atoms with Crippen LogP contribution in [0, 0.1) is 0 Å². The van der Waals surface area contributed by atoms with Crippen LogP contribution >= 0.6 is 0 Å². The molecule has 192 valence electrons. The van der Waals surface area contributed by atoms with E-state index in [0.29, 0.717) is 33.5 Å². The van der Waals surface area contributed by atoms with Gasteiger partial charge in [-0.25, -0.2) is 0 Å². The van der Waals surface area contributed by atoms with Crippen LogP contribution in [0.3, 0.4) is 0 Å². The lowest BCUT2D eigenvalue weighted by Crippen LogP contribution is -2.29. The second-order valence-corrected chi connectivity index (χ2v) is 8.88. The van der Waals surface area contributed by atoms with Crippen LogP contribution in [-0.2, 0) is 6.54 Å². The summed E-state index contributed by atoms with van der Waals surface area (Å²) in [5.74, 6) is -1.92. The number of hydrogen-bond donors (Lipinski definition) is 3. The second kappa shape index (κ2) is 10.5. The van der Waals surface area contributed by atoms with E-state index in [1.165, 1.54) is 30.4 Å². The molecule has 0 aliphatic carbocycles. The number of nitrogens with zero attached hydrogens (tertiary/aromatic N) is 1. The molecule has 1 aliphatic heterocycles. The molecule has 0 aromatic heterocycles. The maximum absolute atomic E-state index is 12.9. The molecule has 4 aromatic rings. The molecule has 0 spiro atoms. The first-order valence-electron chi connectivity index (χ1n) is 12.0. The number of ketones is 1. The maximum atomic E-state index is 12.9. The van der Waals surface area contributed by atoms with E-state index in [1.807, 2.05) is 0 Å². The number of para-hydroxylation sites is 1. The van der Waals surface area contributed by atoms with Crippen molar-refractivity contribution in [1.82, 2.24) is 4.90 Å². The highest BCUT2D eigenvalue weighted by atomic mass is 16.3. The van der Waals surface area contributed by atoms with Crippen molar-refractivity contribution in [2.75, 3.05) is 5.32 Å². The van der Waals surface area contributed by atoms with Crippen LogP contribution in [0.25, 0.3) is 6.08 Å². The van der Waals surface area contributed by atoms with Gasteiger partial charge in [-0.15, -0.1) is 0 Å². The molecule has 0 saturated heterocycles. The number of carbonyl (C=O) groups is 4. The first kappa shape index (κ1) is 25.2. The third-order valence-corrected chi connectivity index (χ3v) is 6.30. The van der Waals surface area contributed by atoms with E-state index in [9.17, 15) is 29.4 Å². The zero-order chi connectivity index (χ0) is 27.5. The number of rotatable bonds is 7. The molecule has 39 heavy (non-hydrogen) atoms. The van der Waals surface area contributed by atoms with E-state index in [-0.39, 0.29) is 29.4 Å². The lowest BCUT2D eigenvalue weighted by Gasteiger charge is -2.15. The summed E-state index contributed by atoms with van der Waals surface area (Å²) in [6, 6.07) is 23.7. The van der Waals surface area contributed by atoms with Gasteiger partial charge in [-0.05, 0) is 72.3 Å². The van der Waals surface area contributed by atoms with Crippen LogP contribution in [0.2, 0.25) is 0 Å². The Balaban J connectivity index is 1.26. The number of nitrogens with one attached hydrogen (secondary N) is 1. The van der Waals surface area contributed by atoms with Crippen molar-refractivity contribution < 1.29 is 29.4 Å². The van der Waals surface area contributed by atoms with Gasteiger partial charge in [0.05, 0.1) is 23.2 Å². The largest absolute Gasteiger partial charge is 0.507 e. The first-order valence-corrected chi connectivity index (χ1v) is 12.0. The third kappa shape index (κ3) is 5.17. The van der Waals surface area contributed by atoms with Crippen molar-refractivity contribution in [3.63, 3.8) is 0 Å². The molecular weight excluding hydrogens is 496 g/mol. The minimum absolute atomic E-state index is 0.0325. The van der Waals surface area contributed by atoms with E-state index >= 15 is 0 Å². The van der Waals surface area contributed by atoms with Gasteiger partial charge in [-0.2, -0.15) is 0 Å². The van der Waals surface area contributed by atoms with Crippen LogP contribution < -0.4 is 5.32 Å². The Labute approximate surface area is 223 Å². The van der Waals surface area contributed by atoms with Crippen LogP contribution in [0.15, 0.2) is 97.1 Å². The van der Waals surface area contributed by atoms with E-state index in [4.69, 9.17) is 0 Å². The number of phenols is 2. The SMILES string of the molecule is O=C(/C=C/c1ccccc1O)c1ccc(NC(=O)c2cc(CN3C(=O)c4ccccc4C3=O)ccc2O)cc1. The smallest absolute Gasteiger partial charge is 0.261 e. The molecule has 8 nitrogen and oxygen atoms in total. The molecule has 3 N–H and O–H groups in total. The van der Waals surface area contributed by atoms with Crippen molar-refractivity contribution >= 4 is 35.3 Å². The van der Waals surface area contributed by atoms with E-state index in [0.717, 1.165) is 4.90 Å². The first-order chi connectivity index (χ1) is 18.8. The number of phenolic OH excluding ortho intramolecular Hbond substituents is 2. The number of imide groups is 1. The predicted molar refractivity (Wildman–Crippen MR) is 145 cm³/mol. The number of aromatic hydroxyl groups is 2. The average molecular weight is 519 g/mol. The Morgan fingerprint density at radius 2 is 1.41 bits per heavy atom. The molecule has 4 aromatic carbocycles. The van der Waals surface area contributed by atoms with Crippen molar-refractivity contribution in [3.8, 4) is 11.5 Å². The Morgan fingerprint density at radius 1 is 0.769 bits per heavy atom. The van der Waals surface area contributed by atoms with Crippen molar-refractivity contribution in [1.29, 1.82) is 0 Å². The summed E-state index contributed by atoms with van der Waals surface area (Å²) >= 11 is 0. The highest BCUT2D eigenvalue weighted by Crippen LogP contribution is 2.27. The summed E-state index contributed by atoms with van der Waals surface area (Å²) in [4.78, 5) is 51.9. The lowest BCUT2D eigenvalue weighted by atomic mass is 10.1. The molecule has 0 bridgehead atoms. The summed E-state index contributed by atoms with van der Waals surface area (Å²) in [6.07, 6.45) is 2.87. The van der Waals surface area contributed by atoms with Crippen LogP contribution in [0.1, 0.15) is 52.6 Å². The minimum Gasteiger partial charge on any atom is -0.507 e. The topological polar surface area (TPSA) is 124 Å². The average Bonchev–Trinajstić information content (AvgIpc) is 3.18. The number of carbonyl (C=O) groups excluding carboxylic acids is 4. The molecule has 0 atom stereocenters.